The van der Waals surface area contributed by atoms with E-state index in [1.54, 1.807) is 12.1 Å². The first-order chi connectivity index (χ1) is 14.5. The number of nitrogens with one attached hydrogen (secondary N) is 1. The van der Waals surface area contributed by atoms with Crippen molar-refractivity contribution in [2.75, 3.05) is 46.3 Å². The zero-order valence-corrected chi connectivity index (χ0v) is 18.4. The van der Waals surface area contributed by atoms with Crippen molar-refractivity contribution >= 4 is 17.5 Å². The minimum atomic E-state index is -0.372. The third-order valence-corrected chi connectivity index (χ3v) is 5.56. The molecule has 168 valence electrons. The van der Waals surface area contributed by atoms with Crippen molar-refractivity contribution in [3.63, 3.8) is 0 Å². The molecule has 30 heavy (non-hydrogen) atoms. The molecule has 0 atom stereocenters. The van der Waals surface area contributed by atoms with Gasteiger partial charge in [-0.1, -0.05) is 32.1 Å². The molecule has 1 aliphatic carbocycles. The molecule has 8 heteroatoms. The number of amides is 2. The van der Waals surface area contributed by atoms with Crippen molar-refractivity contribution in [3.8, 4) is 17.2 Å². The molecule has 8 nitrogen and oxygen atoms in total. The summed E-state index contributed by atoms with van der Waals surface area (Å²) < 4.78 is 15.9. The van der Waals surface area contributed by atoms with E-state index in [1.807, 2.05) is 4.90 Å². The number of carbonyl (C=O) groups excluding carboxylic acids is 2. The summed E-state index contributed by atoms with van der Waals surface area (Å²) in [5.41, 5.74) is 5.96. The van der Waals surface area contributed by atoms with Crippen LogP contribution in [0, 0.1) is 5.92 Å². The van der Waals surface area contributed by atoms with E-state index in [-0.39, 0.29) is 24.8 Å². The van der Waals surface area contributed by atoms with E-state index in [0.29, 0.717) is 35.4 Å². The summed E-state index contributed by atoms with van der Waals surface area (Å²) in [4.78, 5) is 25.9. The molecule has 1 saturated carbocycles. The van der Waals surface area contributed by atoms with Crippen LogP contribution in [0.25, 0.3) is 0 Å². The van der Waals surface area contributed by atoms with E-state index < -0.39 is 0 Å². The fourth-order valence-electron chi connectivity index (χ4n) is 3.97. The second kappa shape index (κ2) is 12.3. The average Bonchev–Trinajstić information content (AvgIpc) is 2.75. The smallest absolute Gasteiger partial charge is 0.231 e. The maximum Gasteiger partial charge on any atom is 0.231 e. The molecular formula is C22H35N3O5. The second-order valence-corrected chi connectivity index (χ2v) is 7.75. The van der Waals surface area contributed by atoms with Crippen LogP contribution in [-0.2, 0) is 9.59 Å². The minimum Gasteiger partial charge on any atom is -0.493 e. The van der Waals surface area contributed by atoms with Gasteiger partial charge in [0.15, 0.2) is 11.5 Å². The fourth-order valence-corrected chi connectivity index (χ4v) is 3.97. The predicted molar refractivity (Wildman–Crippen MR) is 116 cm³/mol. The molecule has 1 aromatic carbocycles. The van der Waals surface area contributed by atoms with Gasteiger partial charge in [0.1, 0.15) is 0 Å². The third kappa shape index (κ3) is 7.40. The summed E-state index contributed by atoms with van der Waals surface area (Å²) in [6.07, 6.45) is 7.71. The van der Waals surface area contributed by atoms with Crippen LogP contribution in [0.15, 0.2) is 12.1 Å². The Labute approximate surface area is 179 Å². The molecule has 0 aliphatic heterocycles. The van der Waals surface area contributed by atoms with Crippen LogP contribution in [0.3, 0.4) is 0 Å². The number of rotatable bonds is 12. The van der Waals surface area contributed by atoms with Gasteiger partial charge in [-0.3, -0.25) is 14.5 Å². The Morgan fingerprint density at radius 2 is 1.67 bits per heavy atom. The molecule has 1 aromatic rings. The Morgan fingerprint density at radius 3 is 2.20 bits per heavy atom. The van der Waals surface area contributed by atoms with Crippen molar-refractivity contribution in [1.29, 1.82) is 0 Å². The highest BCUT2D eigenvalue weighted by Crippen LogP contribution is 2.39. The van der Waals surface area contributed by atoms with Gasteiger partial charge in [0.2, 0.25) is 17.6 Å². The Kier molecular flexibility index (Phi) is 9.73. The predicted octanol–water partition coefficient (Wildman–Crippen LogP) is 2.80. The Morgan fingerprint density at radius 1 is 1.03 bits per heavy atom. The molecule has 1 aliphatic rings. The van der Waals surface area contributed by atoms with E-state index in [0.717, 1.165) is 13.0 Å². The van der Waals surface area contributed by atoms with E-state index in [2.05, 4.69) is 5.32 Å². The van der Waals surface area contributed by atoms with Gasteiger partial charge >= 0.3 is 0 Å². The Bertz CT molecular complexity index is 679. The standard InChI is InChI=1S/C22H35N3O5/c1-28-18-13-17(14-19(29-2)22(18)30-3)24-21(27)10-12-25(15-20(23)26)11-9-16-7-5-4-6-8-16/h13-14,16H,4-12,15H2,1-3H3,(H2,23,26)(H,24,27). The molecule has 0 saturated heterocycles. The largest absolute Gasteiger partial charge is 0.493 e. The van der Waals surface area contributed by atoms with Gasteiger partial charge in [0.25, 0.3) is 0 Å². The molecule has 2 rings (SSSR count). The van der Waals surface area contributed by atoms with Gasteiger partial charge in [-0.25, -0.2) is 0 Å². The molecule has 3 N–H and O–H groups in total. The van der Waals surface area contributed by atoms with Gasteiger partial charge in [-0.15, -0.1) is 0 Å². The average molecular weight is 422 g/mol. The first kappa shape index (κ1) is 23.8. The van der Waals surface area contributed by atoms with Crippen molar-refractivity contribution in [2.45, 2.75) is 44.9 Å². The lowest BCUT2D eigenvalue weighted by molar-refractivity contribution is -0.120. The quantitative estimate of drug-likeness (QED) is 0.538. The molecule has 0 unspecified atom stereocenters. The highest BCUT2D eigenvalue weighted by Gasteiger charge is 2.18. The van der Waals surface area contributed by atoms with E-state index >= 15 is 0 Å². The SMILES string of the molecule is COc1cc(NC(=O)CCN(CCC2CCCCC2)CC(N)=O)cc(OC)c1OC. The monoisotopic (exact) mass is 421 g/mol. The normalized spacial score (nSPS) is 14.4. The van der Waals surface area contributed by atoms with E-state index in [4.69, 9.17) is 19.9 Å². The molecular weight excluding hydrogens is 386 g/mol. The molecule has 0 heterocycles. The molecule has 1 fully saturated rings. The van der Waals surface area contributed by atoms with Gasteiger partial charge in [-0.05, 0) is 18.9 Å². The number of nitrogens with zero attached hydrogens (tertiary/aromatic N) is 1. The molecule has 0 spiro atoms. The number of ether oxygens (including phenoxy) is 3. The van der Waals surface area contributed by atoms with Crippen LogP contribution in [0.4, 0.5) is 5.69 Å². The molecule has 2 amide bonds. The number of anilines is 1. The van der Waals surface area contributed by atoms with Crippen molar-refractivity contribution in [3.05, 3.63) is 12.1 Å². The number of benzene rings is 1. The topological polar surface area (TPSA) is 103 Å². The Balaban J connectivity index is 1.91. The lowest BCUT2D eigenvalue weighted by Crippen LogP contribution is -2.37. The van der Waals surface area contributed by atoms with Gasteiger partial charge < -0.3 is 25.3 Å². The first-order valence-electron chi connectivity index (χ1n) is 10.6. The minimum absolute atomic E-state index is 0.156. The second-order valence-electron chi connectivity index (χ2n) is 7.75. The van der Waals surface area contributed by atoms with Crippen LogP contribution in [0.5, 0.6) is 17.2 Å². The Hall–Kier alpha value is -2.48. The number of carbonyl (C=O) groups is 2. The zero-order valence-electron chi connectivity index (χ0n) is 18.4. The van der Waals surface area contributed by atoms with Crippen LogP contribution >= 0.6 is 0 Å². The van der Waals surface area contributed by atoms with Crippen molar-refractivity contribution < 1.29 is 23.8 Å². The number of hydrogen-bond donors (Lipinski definition) is 2. The summed E-state index contributed by atoms with van der Waals surface area (Å²) in [5, 5.41) is 2.86. The number of methoxy groups -OCH3 is 3. The summed E-state index contributed by atoms with van der Waals surface area (Å²) >= 11 is 0. The van der Waals surface area contributed by atoms with E-state index in [1.165, 1.54) is 53.4 Å². The lowest BCUT2D eigenvalue weighted by Gasteiger charge is -2.26. The molecule has 0 aromatic heterocycles. The zero-order chi connectivity index (χ0) is 21.9. The molecule has 0 bridgehead atoms. The number of hydrogen-bond acceptors (Lipinski definition) is 6. The summed E-state index contributed by atoms with van der Waals surface area (Å²) in [5.74, 6) is 1.58. The highest BCUT2D eigenvalue weighted by atomic mass is 16.5. The fraction of sp³-hybridized carbons (Fsp3) is 0.636. The summed E-state index contributed by atoms with van der Waals surface area (Å²) in [7, 11) is 4.58. The van der Waals surface area contributed by atoms with Crippen molar-refractivity contribution in [2.24, 2.45) is 11.7 Å². The van der Waals surface area contributed by atoms with Crippen LogP contribution in [0.1, 0.15) is 44.9 Å². The maximum atomic E-state index is 12.5. The number of primary amides is 1. The maximum absolute atomic E-state index is 12.5. The van der Waals surface area contributed by atoms with Crippen LogP contribution in [-0.4, -0.2) is 57.7 Å². The summed E-state index contributed by atoms with van der Waals surface area (Å²) in [6.45, 7) is 1.43. The third-order valence-electron chi connectivity index (χ3n) is 5.56. The summed E-state index contributed by atoms with van der Waals surface area (Å²) in [6, 6.07) is 3.37. The van der Waals surface area contributed by atoms with Crippen molar-refractivity contribution in [1.82, 2.24) is 4.90 Å². The molecule has 0 radical (unpaired) electrons. The highest BCUT2D eigenvalue weighted by molar-refractivity contribution is 5.91. The van der Waals surface area contributed by atoms with Gasteiger partial charge in [0, 0.05) is 30.8 Å². The van der Waals surface area contributed by atoms with E-state index in [9.17, 15) is 9.59 Å². The number of nitrogens with two attached hydrogens (primary N) is 1. The first-order valence-corrected chi connectivity index (χ1v) is 10.6. The van der Waals surface area contributed by atoms with Gasteiger partial charge in [-0.2, -0.15) is 0 Å². The van der Waals surface area contributed by atoms with Gasteiger partial charge in [0.05, 0.1) is 27.9 Å². The lowest BCUT2D eigenvalue weighted by atomic mass is 9.87. The van der Waals surface area contributed by atoms with Crippen LogP contribution < -0.4 is 25.3 Å². The van der Waals surface area contributed by atoms with Crippen LogP contribution in [0.2, 0.25) is 0 Å².